The van der Waals surface area contributed by atoms with Crippen LogP contribution in [0.3, 0.4) is 0 Å². The fourth-order valence-electron chi connectivity index (χ4n) is 8.91. The van der Waals surface area contributed by atoms with Gasteiger partial charge in [-0.05, 0) is 82.9 Å². The molecule has 12 aromatic rings. The van der Waals surface area contributed by atoms with Gasteiger partial charge in [0.15, 0.2) is 0 Å². The number of benzene rings is 9. The highest BCUT2D eigenvalue weighted by molar-refractivity contribution is 7.26. The Morgan fingerprint density at radius 1 is 0.345 bits per heavy atom. The molecule has 0 bridgehead atoms. The van der Waals surface area contributed by atoms with Crippen LogP contribution in [0, 0.1) is 0 Å². The summed E-state index contributed by atoms with van der Waals surface area (Å²) in [5.41, 5.74) is 11.9. The van der Waals surface area contributed by atoms with Crippen LogP contribution in [0.2, 0.25) is 0 Å². The van der Waals surface area contributed by atoms with E-state index in [1.54, 1.807) is 0 Å². The Labute approximate surface area is 343 Å². The van der Waals surface area contributed by atoms with E-state index in [4.69, 9.17) is 0 Å². The van der Waals surface area contributed by atoms with E-state index in [1.165, 1.54) is 90.1 Å². The van der Waals surface area contributed by atoms with Gasteiger partial charge in [0.2, 0.25) is 0 Å². The maximum Gasteiger partial charge on any atom is 0.0640 e. The predicted molar refractivity (Wildman–Crippen MR) is 252 cm³/mol. The fourth-order valence-corrected chi connectivity index (χ4v) is 11.4. The quantitative estimate of drug-likeness (QED) is 0.163. The maximum atomic E-state index is 2.45. The van der Waals surface area contributed by atoms with Crippen LogP contribution >= 0.6 is 22.7 Å². The second kappa shape index (κ2) is 13.3. The lowest BCUT2D eigenvalue weighted by Crippen LogP contribution is -2.10. The lowest BCUT2D eigenvalue weighted by Gasteiger charge is -2.26. The van der Waals surface area contributed by atoms with Crippen molar-refractivity contribution in [1.82, 2.24) is 4.57 Å². The molecule has 0 saturated carbocycles. The molecule has 2 nitrogen and oxygen atoms in total. The molecule has 0 radical (unpaired) electrons. The Morgan fingerprint density at radius 3 is 1.62 bits per heavy atom. The Bertz CT molecular complexity index is 3500. The molecule has 58 heavy (non-hydrogen) atoms. The van der Waals surface area contributed by atoms with E-state index >= 15 is 0 Å². The van der Waals surface area contributed by atoms with Crippen molar-refractivity contribution in [3.8, 4) is 27.9 Å². The minimum atomic E-state index is 1.11. The highest BCUT2D eigenvalue weighted by atomic mass is 32.1. The van der Waals surface area contributed by atoms with E-state index in [-0.39, 0.29) is 0 Å². The molecule has 0 spiro atoms. The highest BCUT2D eigenvalue weighted by Gasteiger charge is 2.21. The Hall–Kier alpha value is -6.98. The van der Waals surface area contributed by atoms with Crippen molar-refractivity contribution in [2.45, 2.75) is 0 Å². The lowest BCUT2D eigenvalue weighted by atomic mass is 9.99. The molecule has 0 saturated heterocycles. The zero-order valence-electron chi connectivity index (χ0n) is 31.3. The van der Waals surface area contributed by atoms with Gasteiger partial charge < -0.3 is 9.47 Å². The first-order valence-electron chi connectivity index (χ1n) is 19.7. The van der Waals surface area contributed by atoms with Crippen molar-refractivity contribution in [2.75, 3.05) is 4.90 Å². The third-order valence-electron chi connectivity index (χ3n) is 11.6. The first-order chi connectivity index (χ1) is 28.8. The lowest BCUT2D eigenvalue weighted by molar-refractivity contribution is 1.18. The van der Waals surface area contributed by atoms with Gasteiger partial charge in [0.05, 0.1) is 21.4 Å². The Morgan fingerprint density at radius 2 is 0.879 bits per heavy atom. The van der Waals surface area contributed by atoms with Gasteiger partial charge in [0, 0.05) is 63.5 Å². The molecule has 0 aliphatic rings. The van der Waals surface area contributed by atoms with E-state index in [2.05, 4.69) is 216 Å². The molecular weight excluding hydrogens is 741 g/mol. The van der Waals surface area contributed by atoms with Crippen molar-refractivity contribution < 1.29 is 0 Å². The number of anilines is 3. The van der Waals surface area contributed by atoms with Crippen LogP contribution in [-0.4, -0.2) is 4.57 Å². The van der Waals surface area contributed by atoms with Crippen molar-refractivity contribution in [3.63, 3.8) is 0 Å². The van der Waals surface area contributed by atoms with Gasteiger partial charge in [-0.3, -0.25) is 0 Å². The summed E-state index contributed by atoms with van der Waals surface area (Å²) in [7, 11) is 0. The topological polar surface area (TPSA) is 8.17 Å². The Balaban J connectivity index is 0.989. The van der Waals surface area contributed by atoms with Gasteiger partial charge in [-0.2, -0.15) is 0 Å². The molecule has 4 heteroatoms. The Kier molecular flexibility index (Phi) is 7.62. The largest absolute Gasteiger partial charge is 0.309 e. The van der Waals surface area contributed by atoms with Gasteiger partial charge in [-0.1, -0.05) is 146 Å². The minimum absolute atomic E-state index is 1.11. The van der Waals surface area contributed by atoms with E-state index in [9.17, 15) is 0 Å². The zero-order valence-corrected chi connectivity index (χ0v) is 33.0. The van der Waals surface area contributed by atoms with Crippen LogP contribution in [-0.2, 0) is 0 Å². The van der Waals surface area contributed by atoms with E-state index in [0.29, 0.717) is 0 Å². The number of thiophene rings is 2. The van der Waals surface area contributed by atoms with Crippen LogP contribution in [0.25, 0.3) is 90.1 Å². The molecule has 3 aromatic heterocycles. The highest BCUT2D eigenvalue weighted by Crippen LogP contribution is 2.46. The smallest absolute Gasteiger partial charge is 0.0640 e. The molecule has 0 N–H and O–H groups in total. The predicted octanol–water partition coefficient (Wildman–Crippen LogP) is 16.3. The number of hydrogen-bond acceptors (Lipinski definition) is 3. The van der Waals surface area contributed by atoms with Crippen molar-refractivity contribution in [2.24, 2.45) is 0 Å². The number of nitrogens with zero attached hydrogens (tertiary/aromatic N) is 2. The van der Waals surface area contributed by atoms with Crippen LogP contribution in [0.15, 0.2) is 206 Å². The number of fused-ring (bicyclic) bond motifs is 9. The fraction of sp³-hybridized carbons (Fsp3) is 0. The summed E-state index contributed by atoms with van der Waals surface area (Å²) in [4.78, 5) is 2.45. The third-order valence-corrected chi connectivity index (χ3v) is 14.0. The average Bonchev–Trinajstić information content (AvgIpc) is 3.97. The van der Waals surface area contributed by atoms with Gasteiger partial charge in [0.25, 0.3) is 0 Å². The third kappa shape index (κ3) is 5.23. The first kappa shape index (κ1) is 33.2. The van der Waals surface area contributed by atoms with E-state index in [1.807, 2.05) is 22.7 Å². The standard InChI is InChI=1S/C54H34N2S2/c1-2-12-38(13-3-1)56-48-20-7-4-14-42(48)43-33-32-40(34-50(43)56)55(49-21-11-19-47-45-16-6-9-23-52(45)58-54(47)49)39-30-28-36(29-31-39)35-24-26-37(27-25-35)41-17-10-18-46-44-15-5-8-22-51(44)57-53(41)46/h1-34H. The molecule has 3 heterocycles. The zero-order chi connectivity index (χ0) is 38.2. The van der Waals surface area contributed by atoms with Crippen molar-refractivity contribution in [3.05, 3.63) is 206 Å². The van der Waals surface area contributed by atoms with Crippen molar-refractivity contribution >= 4 is 102 Å². The number of para-hydroxylation sites is 2. The van der Waals surface area contributed by atoms with E-state index < -0.39 is 0 Å². The average molecular weight is 775 g/mol. The van der Waals surface area contributed by atoms with Crippen molar-refractivity contribution in [1.29, 1.82) is 0 Å². The minimum Gasteiger partial charge on any atom is -0.309 e. The SMILES string of the molecule is c1ccc(-n2c3ccccc3c3ccc(N(c4ccc(-c5ccc(-c6cccc7c6sc6ccccc67)cc5)cc4)c4cccc5c4sc4ccccc45)cc32)cc1. The second-order valence-corrected chi connectivity index (χ2v) is 17.0. The second-order valence-electron chi connectivity index (χ2n) is 14.9. The summed E-state index contributed by atoms with van der Waals surface area (Å²) in [5.74, 6) is 0. The van der Waals surface area contributed by atoms with Gasteiger partial charge in [-0.25, -0.2) is 0 Å². The van der Waals surface area contributed by atoms with Crippen LogP contribution in [0.5, 0.6) is 0 Å². The molecule has 0 amide bonds. The molecule has 12 rings (SSSR count). The molecule has 9 aromatic carbocycles. The van der Waals surface area contributed by atoms with Crippen LogP contribution in [0.1, 0.15) is 0 Å². The molecule has 0 aliphatic heterocycles. The molecule has 0 unspecified atom stereocenters. The van der Waals surface area contributed by atoms with Gasteiger partial charge in [-0.15, -0.1) is 22.7 Å². The molecule has 0 aliphatic carbocycles. The molecule has 272 valence electrons. The monoisotopic (exact) mass is 774 g/mol. The summed E-state index contributed by atoms with van der Waals surface area (Å²) in [6.07, 6.45) is 0. The van der Waals surface area contributed by atoms with Gasteiger partial charge >= 0.3 is 0 Å². The number of hydrogen-bond donors (Lipinski definition) is 0. The van der Waals surface area contributed by atoms with Gasteiger partial charge in [0.1, 0.15) is 0 Å². The number of rotatable bonds is 6. The normalized spacial score (nSPS) is 11.8. The van der Waals surface area contributed by atoms with Crippen LogP contribution in [0.4, 0.5) is 17.1 Å². The molecular formula is C54H34N2S2. The van der Waals surface area contributed by atoms with Crippen LogP contribution < -0.4 is 4.90 Å². The first-order valence-corrected chi connectivity index (χ1v) is 21.3. The summed E-state index contributed by atoms with van der Waals surface area (Å²) in [6, 6.07) is 75.6. The molecule has 0 fully saturated rings. The molecule has 0 atom stereocenters. The summed E-state index contributed by atoms with van der Waals surface area (Å²) < 4.78 is 7.66. The summed E-state index contributed by atoms with van der Waals surface area (Å²) >= 11 is 3.75. The maximum absolute atomic E-state index is 2.45. The van der Waals surface area contributed by atoms with E-state index in [0.717, 1.165) is 17.1 Å². The summed E-state index contributed by atoms with van der Waals surface area (Å²) in [6.45, 7) is 0. The summed E-state index contributed by atoms with van der Waals surface area (Å²) in [5, 5.41) is 7.73. The number of aromatic nitrogens is 1.